The first kappa shape index (κ1) is 16.2. The van der Waals surface area contributed by atoms with Gasteiger partial charge in [-0.3, -0.25) is 4.79 Å². The second-order valence-electron chi connectivity index (χ2n) is 3.62. The fourth-order valence-electron chi connectivity index (χ4n) is 1.49. The average Bonchev–Trinajstić information content (AvgIpc) is 2.31. The molecule has 4 nitrogen and oxygen atoms in total. The lowest BCUT2D eigenvalue weighted by atomic mass is 10.1. The fraction of sp³-hybridized carbons (Fsp3) is 0.333. The van der Waals surface area contributed by atoms with Crippen LogP contribution in [0.5, 0.6) is 5.75 Å². The molecule has 20 heavy (non-hydrogen) atoms. The predicted molar refractivity (Wildman–Crippen MR) is 65.4 cm³/mol. The van der Waals surface area contributed by atoms with E-state index in [9.17, 15) is 18.0 Å². The minimum atomic E-state index is -4.97. The highest BCUT2D eigenvalue weighted by Crippen LogP contribution is 2.32. The number of nitrogens with zero attached hydrogens (tertiary/aromatic N) is 1. The zero-order chi connectivity index (χ0) is 15.3. The van der Waals surface area contributed by atoms with Crippen LogP contribution in [-0.4, -0.2) is 18.9 Å². The van der Waals surface area contributed by atoms with Crippen molar-refractivity contribution >= 4 is 18.6 Å². The van der Waals surface area contributed by atoms with Crippen LogP contribution in [-0.2, 0) is 16.0 Å². The summed E-state index contributed by atoms with van der Waals surface area (Å²) in [5.74, 6) is -1.42. The van der Waals surface area contributed by atoms with Crippen molar-refractivity contribution in [3.05, 3.63) is 23.3 Å². The zero-order valence-electron chi connectivity index (χ0n) is 10.3. The summed E-state index contributed by atoms with van der Waals surface area (Å²) in [6, 6.07) is 3.93. The molecule has 0 N–H and O–H groups in total. The molecule has 0 aliphatic heterocycles. The Kier molecular flexibility index (Phi) is 5.27. The highest BCUT2D eigenvalue weighted by molar-refractivity contribution is 7.80. The van der Waals surface area contributed by atoms with E-state index in [0.717, 1.165) is 6.07 Å². The number of nitriles is 1. The largest absolute Gasteiger partial charge is 0.573 e. The number of carbonyl (C=O) groups excluding carboxylic acids is 1. The number of ether oxygens (including phenoxy) is 2. The molecule has 1 rings (SSSR count). The van der Waals surface area contributed by atoms with Gasteiger partial charge in [-0.1, -0.05) is 0 Å². The van der Waals surface area contributed by atoms with Crippen LogP contribution >= 0.6 is 12.6 Å². The molecule has 108 valence electrons. The molecule has 0 fully saturated rings. The maximum atomic E-state index is 12.4. The van der Waals surface area contributed by atoms with Gasteiger partial charge in [0.05, 0.1) is 18.6 Å². The van der Waals surface area contributed by atoms with Gasteiger partial charge in [0, 0.05) is 10.5 Å². The zero-order valence-corrected chi connectivity index (χ0v) is 11.2. The lowest BCUT2D eigenvalue weighted by molar-refractivity contribution is -0.275. The number of halogens is 3. The van der Waals surface area contributed by atoms with E-state index in [-0.39, 0.29) is 22.6 Å². The van der Waals surface area contributed by atoms with E-state index in [1.54, 1.807) is 13.0 Å². The third kappa shape index (κ3) is 4.66. The van der Waals surface area contributed by atoms with E-state index in [4.69, 9.17) is 5.26 Å². The smallest absolute Gasteiger partial charge is 0.466 e. The van der Waals surface area contributed by atoms with Gasteiger partial charge in [-0.25, -0.2) is 0 Å². The van der Waals surface area contributed by atoms with Crippen LogP contribution in [0.4, 0.5) is 13.2 Å². The van der Waals surface area contributed by atoms with Gasteiger partial charge in [0.15, 0.2) is 5.75 Å². The lowest BCUT2D eigenvalue weighted by Crippen LogP contribution is -2.20. The molecule has 0 aliphatic carbocycles. The van der Waals surface area contributed by atoms with Crippen molar-refractivity contribution in [2.45, 2.75) is 24.6 Å². The third-order valence-corrected chi connectivity index (χ3v) is 2.39. The lowest BCUT2D eigenvalue weighted by Gasteiger charge is -2.15. The van der Waals surface area contributed by atoms with Crippen molar-refractivity contribution in [1.82, 2.24) is 0 Å². The molecule has 8 heteroatoms. The minimum Gasteiger partial charge on any atom is -0.466 e. The van der Waals surface area contributed by atoms with Crippen molar-refractivity contribution in [2.75, 3.05) is 6.61 Å². The number of alkyl halides is 3. The Bertz CT molecular complexity index is 552. The molecule has 0 saturated heterocycles. The molecule has 0 radical (unpaired) electrons. The Balaban J connectivity index is 3.23. The number of hydrogen-bond donors (Lipinski definition) is 1. The molecule has 1 aromatic rings. The van der Waals surface area contributed by atoms with Gasteiger partial charge in [-0.15, -0.1) is 25.8 Å². The van der Waals surface area contributed by atoms with Crippen molar-refractivity contribution in [2.24, 2.45) is 0 Å². The Morgan fingerprint density at radius 1 is 1.45 bits per heavy atom. The van der Waals surface area contributed by atoms with Crippen LogP contribution in [0.15, 0.2) is 17.0 Å². The molecule has 0 heterocycles. The van der Waals surface area contributed by atoms with Crippen molar-refractivity contribution in [1.29, 1.82) is 5.26 Å². The summed E-state index contributed by atoms with van der Waals surface area (Å²) in [6.45, 7) is 1.67. The summed E-state index contributed by atoms with van der Waals surface area (Å²) < 4.78 is 45.6. The summed E-state index contributed by atoms with van der Waals surface area (Å²) in [4.78, 5) is 11.6. The van der Waals surface area contributed by atoms with Crippen LogP contribution in [0.25, 0.3) is 0 Å². The quantitative estimate of drug-likeness (QED) is 0.686. The Hall–Kier alpha value is -1.88. The van der Waals surface area contributed by atoms with Gasteiger partial charge >= 0.3 is 12.3 Å². The normalized spacial score (nSPS) is 10.8. The van der Waals surface area contributed by atoms with Crippen LogP contribution < -0.4 is 4.74 Å². The second-order valence-corrected chi connectivity index (χ2v) is 4.14. The van der Waals surface area contributed by atoms with Crippen LogP contribution in [0.3, 0.4) is 0 Å². The van der Waals surface area contributed by atoms with Crippen molar-refractivity contribution < 1.29 is 27.4 Å². The number of benzene rings is 1. The summed E-state index contributed by atoms with van der Waals surface area (Å²) in [5.41, 5.74) is -0.459. The first-order valence-corrected chi connectivity index (χ1v) is 5.89. The molecule has 0 atom stereocenters. The molecule has 0 bridgehead atoms. The minimum absolute atomic E-state index is 0.0972. The molecule has 0 saturated carbocycles. The van der Waals surface area contributed by atoms with E-state index in [1.165, 1.54) is 6.07 Å². The van der Waals surface area contributed by atoms with Gasteiger partial charge in [0.1, 0.15) is 6.07 Å². The van der Waals surface area contributed by atoms with Gasteiger partial charge in [-0.05, 0) is 19.1 Å². The van der Waals surface area contributed by atoms with Gasteiger partial charge < -0.3 is 9.47 Å². The van der Waals surface area contributed by atoms with E-state index in [1.807, 2.05) is 0 Å². The summed E-state index contributed by atoms with van der Waals surface area (Å²) in [6.07, 6.45) is -5.41. The van der Waals surface area contributed by atoms with Gasteiger partial charge in [0.25, 0.3) is 0 Å². The van der Waals surface area contributed by atoms with E-state index in [0.29, 0.717) is 0 Å². The summed E-state index contributed by atoms with van der Waals surface area (Å²) in [5, 5.41) is 8.85. The first-order chi connectivity index (χ1) is 9.26. The molecule has 1 aromatic carbocycles. The number of thiol groups is 1. The number of carbonyl (C=O) groups is 1. The topological polar surface area (TPSA) is 59.3 Å². The van der Waals surface area contributed by atoms with Gasteiger partial charge in [0.2, 0.25) is 0 Å². The Morgan fingerprint density at radius 3 is 2.60 bits per heavy atom. The Morgan fingerprint density at radius 2 is 2.10 bits per heavy atom. The van der Waals surface area contributed by atoms with Crippen LogP contribution in [0.2, 0.25) is 0 Å². The van der Waals surface area contributed by atoms with Gasteiger partial charge in [-0.2, -0.15) is 5.26 Å². The molecule has 0 aromatic heterocycles. The summed E-state index contributed by atoms with van der Waals surface area (Å²) >= 11 is 3.97. The maximum Gasteiger partial charge on any atom is 0.573 e. The molecule has 0 aliphatic rings. The molecular formula is C12H10F3NO3S. The van der Waals surface area contributed by atoms with E-state index in [2.05, 4.69) is 22.1 Å². The fourth-order valence-corrected chi connectivity index (χ4v) is 1.78. The highest BCUT2D eigenvalue weighted by atomic mass is 32.1. The van der Waals surface area contributed by atoms with Crippen molar-refractivity contribution in [3.8, 4) is 11.8 Å². The molecule has 0 amide bonds. The average molecular weight is 305 g/mol. The van der Waals surface area contributed by atoms with E-state index >= 15 is 0 Å². The van der Waals surface area contributed by atoms with Crippen molar-refractivity contribution in [3.63, 3.8) is 0 Å². The number of esters is 1. The van der Waals surface area contributed by atoms with Crippen LogP contribution in [0.1, 0.15) is 18.1 Å². The third-order valence-electron chi connectivity index (χ3n) is 2.13. The van der Waals surface area contributed by atoms with E-state index < -0.39 is 24.5 Å². The first-order valence-electron chi connectivity index (χ1n) is 5.44. The highest BCUT2D eigenvalue weighted by Gasteiger charge is 2.34. The predicted octanol–water partition coefficient (Wildman–Crippen LogP) is 2.85. The molecule has 0 unspecified atom stereocenters. The molecule has 0 spiro atoms. The summed E-state index contributed by atoms with van der Waals surface area (Å²) in [7, 11) is 0. The SMILES string of the molecule is CCOC(=O)Cc1cc(S)cc(C#N)c1OC(F)(F)F. The maximum absolute atomic E-state index is 12.4. The Labute approximate surface area is 118 Å². The standard InChI is InChI=1S/C12H10F3NO3S/c1-2-18-10(17)5-7-3-9(20)4-8(6-16)11(7)19-12(13,14)15/h3-4,20H,2,5H2,1H3. The number of rotatable bonds is 4. The molecular weight excluding hydrogens is 295 g/mol. The number of hydrogen-bond acceptors (Lipinski definition) is 5. The second kappa shape index (κ2) is 6.52. The van der Waals surface area contributed by atoms with Crippen LogP contribution in [0, 0.1) is 11.3 Å². The monoisotopic (exact) mass is 305 g/mol.